The Morgan fingerprint density at radius 2 is 1.50 bits per heavy atom. The van der Waals surface area contributed by atoms with Crippen molar-refractivity contribution in [3.05, 3.63) is 48.0 Å². The molecule has 0 saturated carbocycles. The van der Waals surface area contributed by atoms with Crippen molar-refractivity contribution >= 4 is 15.9 Å². The lowest BCUT2D eigenvalue weighted by Crippen LogP contribution is -2.42. The van der Waals surface area contributed by atoms with Crippen LogP contribution in [0.5, 0.6) is 17.2 Å². The maximum Gasteiger partial charge on any atom is 0.243 e. The van der Waals surface area contributed by atoms with Crippen LogP contribution < -0.4 is 14.2 Å². The van der Waals surface area contributed by atoms with Gasteiger partial charge in [0, 0.05) is 32.1 Å². The molecule has 0 aromatic heterocycles. The molecule has 2 aliphatic rings. The molecule has 34 heavy (non-hydrogen) atoms. The number of hydrogen-bond acceptors (Lipinski definition) is 6. The minimum absolute atomic E-state index is 0.00390. The average molecular weight is 489 g/mol. The van der Waals surface area contributed by atoms with Crippen LogP contribution >= 0.6 is 0 Å². The Morgan fingerprint density at radius 3 is 2.06 bits per heavy atom. The monoisotopic (exact) mass is 488 g/mol. The quantitative estimate of drug-likeness (QED) is 0.595. The van der Waals surface area contributed by atoms with E-state index < -0.39 is 15.9 Å². The molecular weight excluding hydrogens is 456 g/mol. The number of ether oxygens (including phenoxy) is 3. The highest BCUT2D eigenvalue weighted by molar-refractivity contribution is 7.89. The van der Waals surface area contributed by atoms with Gasteiger partial charge in [-0.15, -0.1) is 0 Å². The first-order valence-electron chi connectivity index (χ1n) is 11.5. The molecule has 9 heteroatoms. The van der Waals surface area contributed by atoms with Gasteiger partial charge in [-0.05, 0) is 49.1 Å². The highest BCUT2D eigenvalue weighted by Gasteiger charge is 2.45. The number of amides is 1. The van der Waals surface area contributed by atoms with E-state index in [1.807, 2.05) is 17.0 Å². The van der Waals surface area contributed by atoms with Gasteiger partial charge in [0.25, 0.3) is 0 Å². The second kappa shape index (κ2) is 10.2. The molecule has 2 aliphatic heterocycles. The van der Waals surface area contributed by atoms with Crippen LogP contribution in [-0.4, -0.2) is 71.0 Å². The molecule has 1 amide bonds. The molecule has 0 bridgehead atoms. The number of carbonyl (C=O) groups is 1. The number of sulfonamides is 1. The summed E-state index contributed by atoms with van der Waals surface area (Å²) >= 11 is 0. The van der Waals surface area contributed by atoms with E-state index in [0.717, 1.165) is 24.8 Å². The van der Waals surface area contributed by atoms with Crippen molar-refractivity contribution in [1.82, 2.24) is 9.21 Å². The summed E-state index contributed by atoms with van der Waals surface area (Å²) in [6.07, 6.45) is 3.05. The van der Waals surface area contributed by atoms with Crippen molar-refractivity contribution in [2.75, 3.05) is 47.5 Å². The normalized spacial score (nSPS) is 21.3. The average Bonchev–Trinajstić information content (AvgIpc) is 3.34. The van der Waals surface area contributed by atoms with Crippen molar-refractivity contribution in [2.24, 2.45) is 5.92 Å². The Balaban J connectivity index is 1.74. The number of benzene rings is 2. The van der Waals surface area contributed by atoms with Gasteiger partial charge in [0.2, 0.25) is 21.7 Å². The first kappa shape index (κ1) is 24.3. The van der Waals surface area contributed by atoms with E-state index in [9.17, 15) is 13.2 Å². The molecule has 0 aliphatic carbocycles. The van der Waals surface area contributed by atoms with Gasteiger partial charge in [0.15, 0.2) is 11.5 Å². The number of nitrogens with zero attached hydrogens (tertiary/aromatic N) is 2. The molecule has 2 atom stereocenters. The summed E-state index contributed by atoms with van der Waals surface area (Å²) in [6.45, 7) is 1.75. The van der Waals surface area contributed by atoms with Crippen LogP contribution in [0.4, 0.5) is 0 Å². The molecule has 0 spiro atoms. The van der Waals surface area contributed by atoms with Gasteiger partial charge in [-0.1, -0.05) is 18.2 Å². The molecule has 2 fully saturated rings. The summed E-state index contributed by atoms with van der Waals surface area (Å²) in [7, 11) is 0.868. The van der Waals surface area contributed by atoms with Gasteiger partial charge < -0.3 is 19.1 Å². The summed E-state index contributed by atoms with van der Waals surface area (Å²) in [5, 5.41) is 0. The molecule has 2 unspecified atom stereocenters. The third kappa shape index (κ3) is 4.59. The largest absolute Gasteiger partial charge is 0.493 e. The second-order valence-corrected chi connectivity index (χ2v) is 10.6. The zero-order valence-electron chi connectivity index (χ0n) is 19.9. The number of methoxy groups -OCH3 is 3. The molecule has 8 nitrogen and oxygen atoms in total. The summed E-state index contributed by atoms with van der Waals surface area (Å²) in [6, 6.07) is 12.0. The zero-order chi connectivity index (χ0) is 24.3. The Labute approximate surface area is 201 Å². The van der Waals surface area contributed by atoms with Gasteiger partial charge >= 0.3 is 0 Å². The summed E-state index contributed by atoms with van der Waals surface area (Å²) in [5.41, 5.74) is 0.788. The molecule has 2 aromatic carbocycles. The maximum atomic E-state index is 13.6. The zero-order valence-corrected chi connectivity index (χ0v) is 20.7. The number of carbonyl (C=O) groups excluding carboxylic acids is 1. The van der Waals surface area contributed by atoms with E-state index >= 15 is 0 Å². The van der Waals surface area contributed by atoms with Crippen LogP contribution in [0.2, 0.25) is 0 Å². The van der Waals surface area contributed by atoms with Crippen LogP contribution in [0.15, 0.2) is 47.4 Å². The number of rotatable bonds is 7. The number of likely N-dealkylation sites (tertiary alicyclic amines) is 1. The smallest absolute Gasteiger partial charge is 0.243 e. The third-order valence-electron chi connectivity index (χ3n) is 6.77. The first-order chi connectivity index (χ1) is 16.4. The van der Waals surface area contributed by atoms with Crippen LogP contribution in [0, 0.1) is 5.92 Å². The lowest BCUT2D eigenvalue weighted by atomic mass is 9.87. The summed E-state index contributed by atoms with van der Waals surface area (Å²) in [4.78, 5) is 15.8. The molecule has 4 rings (SSSR count). The molecule has 0 N–H and O–H groups in total. The fourth-order valence-electron chi connectivity index (χ4n) is 4.96. The van der Waals surface area contributed by atoms with Crippen LogP contribution in [-0.2, 0) is 14.8 Å². The Bertz CT molecular complexity index is 1090. The Hall–Kier alpha value is -2.78. The lowest BCUT2D eigenvalue weighted by Gasteiger charge is -2.31. The predicted octanol–water partition coefficient (Wildman–Crippen LogP) is 3.13. The number of hydrogen-bond donors (Lipinski definition) is 0. The van der Waals surface area contributed by atoms with Crippen molar-refractivity contribution in [2.45, 2.75) is 30.1 Å². The van der Waals surface area contributed by atoms with E-state index in [1.54, 1.807) is 30.3 Å². The molecular formula is C25H32N2O6S. The SMILES string of the molecule is COc1cc(C2CN(S(=O)(=O)c3ccccc3)CC2C(=O)N2CCCCC2)cc(OC)c1OC. The minimum Gasteiger partial charge on any atom is -0.493 e. The highest BCUT2D eigenvalue weighted by atomic mass is 32.2. The van der Waals surface area contributed by atoms with Gasteiger partial charge in [-0.25, -0.2) is 8.42 Å². The van der Waals surface area contributed by atoms with E-state index in [2.05, 4.69) is 0 Å². The molecule has 184 valence electrons. The Kier molecular flexibility index (Phi) is 7.33. The first-order valence-corrected chi connectivity index (χ1v) is 13.0. The van der Waals surface area contributed by atoms with Crippen LogP contribution in [0.25, 0.3) is 0 Å². The van der Waals surface area contributed by atoms with Gasteiger partial charge in [0.1, 0.15) is 0 Å². The molecule has 2 heterocycles. The van der Waals surface area contributed by atoms with Gasteiger partial charge in [0.05, 0.1) is 32.1 Å². The van der Waals surface area contributed by atoms with Crippen molar-refractivity contribution in [3.63, 3.8) is 0 Å². The predicted molar refractivity (Wildman–Crippen MR) is 128 cm³/mol. The van der Waals surface area contributed by atoms with E-state index in [1.165, 1.54) is 25.6 Å². The van der Waals surface area contributed by atoms with Crippen LogP contribution in [0.1, 0.15) is 30.7 Å². The fourth-order valence-corrected chi connectivity index (χ4v) is 6.47. The van der Waals surface area contributed by atoms with Crippen molar-refractivity contribution in [3.8, 4) is 17.2 Å². The second-order valence-electron chi connectivity index (χ2n) is 8.69. The summed E-state index contributed by atoms with van der Waals surface area (Å²) < 4.78 is 44.8. The maximum absolute atomic E-state index is 13.6. The van der Waals surface area contributed by atoms with Crippen LogP contribution in [0.3, 0.4) is 0 Å². The number of piperidine rings is 1. The van der Waals surface area contributed by atoms with E-state index in [4.69, 9.17) is 14.2 Å². The highest BCUT2D eigenvalue weighted by Crippen LogP contribution is 2.44. The Morgan fingerprint density at radius 1 is 0.882 bits per heavy atom. The van der Waals surface area contributed by atoms with E-state index in [0.29, 0.717) is 30.3 Å². The van der Waals surface area contributed by atoms with E-state index in [-0.39, 0.29) is 29.8 Å². The minimum atomic E-state index is -3.75. The topological polar surface area (TPSA) is 85.4 Å². The van der Waals surface area contributed by atoms with Crippen molar-refractivity contribution < 1.29 is 27.4 Å². The fraction of sp³-hybridized carbons (Fsp3) is 0.480. The molecule has 2 aromatic rings. The molecule has 0 radical (unpaired) electrons. The van der Waals surface area contributed by atoms with Gasteiger partial charge in [-0.3, -0.25) is 4.79 Å². The molecule has 2 saturated heterocycles. The third-order valence-corrected chi connectivity index (χ3v) is 8.61. The summed E-state index contributed by atoms with van der Waals surface area (Å²) in [5.74, 6) is 0.570. The van der Waals surface area contributed by atoms with Crippen molar-refractivity contribution in [1.29, 1.82) is 0 Å². The lowest BCUT2D eigenvalue weighted by molar-refractivity contribution is -0.136. The standard InChI is InChI=1S/C25H32N2O6S/c1-31-22-14-18(15-23(32-2)24(22)33-3)20-16-27(34(29,30)19-10-6-4-7-11-19)17-21(20)25(28)26-12-8-5-9-13-26/h4,6-7,10-11,14-15,20-21H,5,8-9,12-13,16-17H2,1-3H3. The van der Waals surface area contributed by atoms with Gasteiger partial charge in [-0.2, -0.15) is 4.31 Å².